The number of esters is 1. The van der Waals surface area contributed by atoms with Crippen molar-refractivity contribution in [2.24, 2.45) is 0 Å². The maximum absolute atomic E-state index is 12.9. The van der Waals surface area contributed by atoms with Gasteiger partial charge in [0.2, 0.25) is 0 Å². The van der Waals surface area contributed by atoms with Crippen LogP contribution in [0.25, 0.3) is 10.9 Å². The highest BCUT2D eigenvalue weighted by molar-refractivity contribution is 6.06. The number of aryl methyl sites for hydroxylation is 1. The number of aromatic nitrogens is 1. The summed E-state index contributed by atoms with van der Waals surface area (Å²) in [4.78, 5) is 41.3. The summed E-state index contributed by atoms with van der Waals surface area (Å²) >= 11 is 0. The van der Waals surface area contributed by atoms with E-state index in [0.717, 1.165) is 36.0 Å². The predicted molar refractivity (Wildman–Crippen MR) is 100 cm³/mol. The Hall–Kier alpha value is -2.96. The molecular weight excluding hydrogens is 346 g/mol. The molecule has 1 aromatic carbocycles. The van der Waals surface area contributed by atoms with E-state index in [1.165, 1.54) is 6.92 Å². The number of nitrogens with one attached hydrogen (secondary N) is 2. The lowest BCUT2D eigenvalue weighted by Crippen LogP contribution is -2.46. The number of rotatable bonds is 4. The summed E-state index contributed by atoms with van der Waals surface area (Å²) in [5.74, 6) is -1.24. The third kappa shape index (κ3) is 4.07. The van der Waals surface area contributed by atoms with Crippen molar-refractivity contribution in [2.45, 2.75) is 52.2 Å². The molecule has 0 bridgehead atoms. The number of carbonyl (C=O) groups excluding carboxylic acids is 3. The third-order valence-corrected chi connectivity index (χ3v) is 4.43. The summed E-state index contributed by atoms with van der Waals surface area (Å²) < 4.78 is 5.38. The van der Waals surface area contributed by atoms with Crippen molar-refractivity contribution in [1.29, 1.82) is 0 Å². The molecule has 0 fully saturated rings. The van der Waals surface area contributed by atoms with Crippen molar-refractivity contribution >= 4 is 28.8 Å². The molecule has 0 saturated heterocycles. The van der Waals surface area contributed by atoms with Crippen molar-refractivity contribution < 1.29 is 19.1 Å². The molecule has 1 aromatic heterocycles. The number of amides is 3. The molecule has 1 aliphatic rings. The van der Waals surface area contributed by atoms with E-state index >= 15 is 0 Å². The summed E-state index contributed by atoms with van der Waals surface area (Å²) in [6.07, 6.45) is 1.42. The lowest BCUT2D eigenvalue weighted by atomic mass is 10.0. The average Bonchev–Trinajstić information content (AvgIpc) is 3.06. The first-order valence-corrected chi connectivity index (χ1v) is 9.09. The molecule has 1 atom stereocenters. The second-order valence-corrected chi connectivity index (χ2v) is 6.95. The van der Waals surface area contributed by atoms with Crippen LogP contribution in [0.15, 0.2) is 24.3 Å². The van der Waals surface area contributed by atoms with Gasteiger partial charge in [-0.25, -0.2) is 9.59 Å². The number of benzene rings is 1. The molecule has 0 spiro atoms. The molecule has 3 rings (SSSR count). The van der Waals surface area contributed by atoms with Gasteiger partial charge in [0.1, 0.15) is 0 Å². The van der Waals surface area contributed by atoms with Gasteiger partial charge >= 0.3 is 12.0 Å². The molecule has 1 unspecified atom stereocenters. The number of urea groups is 1. The summed E-state index contributed by atoms with van der Waals surface area (Å²) in [5, 5.41) is 5.45. The third-order valence-electron chi connectivity index (χ3n) is 4.43. The van der Waals surface area contributed by atoms with Gasteiger partial charge in [0.25, 0.3) is 5.91 Å². The number of para-hydroxylation sites is 1. The van der Waals surface area contributed by atoms with Crippen molar-refractivity contribution in [3.05, 3.63) is 41.1 Å². The highest BCUT2D eigenvalue weighted by Gasteiger charge is 2.27. The Labute approximate surface area is 157 Å². The fourth-order valence-corrected chi connectivity index (χ4v) is 3.23. The monoisotopic (exact) mass is 369 g/mol. The van der Waals surface area contributed by atoms with Gasteiger partial charge in [-0.05, 0) is 51.7 Å². The van der Waals surface area contributed by atoms with Crippen LogP contribution in [0, 0.1) is 0 Å². The van der Waals surface area contributed by atoms with Gasteiger partial charge in [-0.2, -0.15) is 0 Å². The summed E-state index contributed by atoms with van der Waals surface area (Å²) in [7, 11) is 0. The van der Waals surface area contributed by atoms with Gasteiger partial charge in [-0.15, -0.1) is 0 Å². The number of hydrogen-bond donors (Lipinski definition) is 2. The molecule has 7 nitrogen and oxygen atoms in total. The molecule has 3 amide bonds. The molecule has 2 aromatic rings. The van der Waals surface area contributed by atoms with E-state index < -0.39 is 24.0 Å². The molecular formula is C20H23N3O4. The maximum atomic E-state index is 12.9. The molecule has 0 aliphatic heterocycles. The van der Waals surface area contributed by atoms with Crippen LogP contribution in [0.3, 0.4) is 0 Å². The SMILES string of the molecule is CC(C)NC(=O)NC(=O)C(C)OC(=O)c1c2c(nc3ccccc13)CCC2. The van der Waals surface area contributed by atoms with Gasteiger partial charge in [0.05, 0.1) is 11.1 Å². The second kappa shape index (κ2) is 7.73. The van der Waals surface area contributed by atoms with Crippen LogP contribution in [0.2, 0.25) is 0 Å². The van der Waals surface area contributed by atoms with Gasteiger partial charge in [0, 0.05) is 17.1 Å². The maximum Gasteiger partial charge on any atom is 0.339 e. The fourth-order valence-electron chi connectivity index (χ4n) is 3.23. The van der Waals surface area contributed by atoms with Gasteiger partial charge in [-0.1, -0.05) is 18.2 Å². The van der Waals surface area contributed by atoms with Crippen LogP contribution in [0.4, 0.5) is 4.79 Å². The minimum Gasteiger partial charge on any atom is -0.449 e. The smallest absolute Gasteiger partial charge is 0.339 e. The van der Waals surface area contributed by atoms with Crippen LogP contribution in [0.5, 0.6) is 0 Å². The van der Waals surface area contributed by atoms with E-state index in [0.29, 0.717) is 10.9 Å². The zero-order valence-corrected chi connectivity index (χ0v) is 15.7. The Morgan fingerprint density at radius 3 is 2.59 bits per heavy atom. The molecule has 1 heterocycles. The Kier molecular flexibility index (Phi) is 5.39. The van der Waals surface area contributed by atoms with Crippen molar-refractivity contribution in [3.8, 4) is 0 Å². The molecule has 0 radical (unpaired) electrons. The van der Waals surface area contributed by atoms with E-state index in [1.807, 2.05) is 24.3 Å². The number of pyridine rings is 1. The number of hydrogen-bond acceptors (Lipinski definition) is 5. The van der Waals surface area contributed by atoms with Crippen LogP contribution >= 0.6 is 0 Å². The number of nitrogens with zero attached hydrogens (tertiary/aromatic N) is 1. The Bertz CT molecular complexity index is 907. The van der Waals surface area contributed by atoms with E-state index in [-0.39, 0.29) is 6.04 Å². The van der Waals surface area contributed by atoms with Crippen LogP contribution in [0.1, 0.15) is 48.8 Å². The topological polar surface area (TPSA) is 97.4 Å². The first-order valence-electron chi connectivity index (χ1n) is 9.09. The van der Waals surface area contributed by atoms with E-state index in [9.17, 15) is 14.4 Å². The number of imide groups is 1. The fraction of sp³-hybridized carbons (Fsp3) is 0.400. The number of fused-ring (bicyclic) bond motifs is 2. The zero-order valence-electron chi connectivity index (χ0n) is 15.7. The van der Waals surface area contributed by atoms with Gasteiger partial charge in [-0.3, -0.25) is 15.1 Å². The van der Waals surface area contributed by atoms with E-state index in [2.05, 4.69) is 15.6 Å². The Balaban J connectivity index is 1.80. The molecule has 27 heavy (non-hydrogen) atoms. The molecule has 7 heteroatoms. The minimum atomic E-state index is -1.10. The predicted octanol–water partition coefficient (Wildman–Crippen LogP) is 2.50. The highest BCUT2D eigenvalue weighted by atomic mass is 16.5. The first kappa shape index (κ1) is 18.8. The quantitative estimate of drug-likeness (QED) is 0.807. The molecule has 1 aliphatic carbocycles. The Morgan fingerprint density at radius 1 is 1.11 bits per heavy atom. The van der Waals surface area contributed by atoms with Gasteiger partial charge < -0.3 is 10.1 Å². The van der Waals surface area contributed by atoms with Crippen LogP contribution < -0.4 is 10.6 Å². The summed E-state index contributed by atoms with van der Waals surface area (Å²) in [6, 6.07) is 6.67. The minimum absolute atomic E-state index is 0.110. The number of carbonyl (C=O) groups is 3. The normalized spacial score (nSPS) is 13.9. The van der Waals surface area contributed by atoms with Crippen molar-refractivity contribution in [2.75, 3.05) is 0 Å². The largest absolute Gasteiger partial charge is 0.449 e. The second-order valence-electron chi connectivity index (χ2n) is 6.95. The lowest BCUT2D eigenvalue weighted by Gasteiger charge is -2.16. The first-order chi connectivity index (χ1) is 12.9. The van der Waals surface area contributed by atoms with Gasteiger partial charge in [0.15, 0.2) is 6.10 Å². The van der Waals surface area contributed by atoms with E-state index in [4.69, 9.17) is 4.74 Å². The van der Waals surface area contributed by atoms with Crippen LogP contribution in [-0.4, -0.2) is 35.0 Å². The Morgan fingerprint density at radius 2 is 1.85 bits per heavy atom. The zero-order chi connectivity index (χ0) is 19.6. The highest BCUT2D eigenvalue weighted by Crippen LogP contribution is 2.30. The summed E-state index contributed by atoms with van der Waals surface area (Å²) in [6.45, 7) is 5.00. The van der Waals surface area contributed by atoms with E-state index in [1.54, 1.807) is 13.8 Å². The molecule has 2 N–H and O–H groups in total. The average molecular weight is 369 g/mol. The van der Waals surface area contributed by atoms with Crippen molar-refractivity contribution in [1.82, 2.24) is 15.6 Å². The van der Waals surface area contributed by atoms with Crippen LogP contribution in [-0.2, 0) is 22.4 Å². The lowest BCUT2D eigenvalue weighted by molar-refractivity contribution is -0.127. The van der Waals surface area contributed by atoms with Crippen molar-refractivity contribution in [3.63, 3.8) is 0 Å². The number of ether oxygens (including phenoxy) is 1. The standard InChI is InChI=1S/C20H23N3O4/c1-11(2)21-20(26)23-18(24)12(3)27-19(25)17-13-7-4-5-9-15(13)22-16-10-6-8-14(16)17/h4-5,7,9,11-12H,6,8,10H2,1-3H3,(H2,21,23,24,26). The molecule has 142 valence electrons. The molecule has 0 saturated carbocycles. The summed E-state index contributed by atoms with van der Waals surface area (Å²) in [5.41, 5.74) is 3.01.